The van der Waals surface area contributed by atoms with Gasteiger partial charge in [0.2, 0.25) is 0 Å². The van der Waals surface area contributed by atoms with Crippen LogP contribution in [0, 0.1) is 13.8 Å². The highest BCUT2D eigenvalue weighted by Gasteiger charge is 2.28. The van der Waals surface area contributed by atoms with Gasteiger partial charge in [0, 0.05) is 23.8 Å². The van der Waals surface area contributed by atoms with E-state index >= 15 is 0 Å². The molecule has 1 rings (SSSR count). The molecule has 0 spiro atoms. The van der Waals surface area contributed by atoms with Gasteiger partial charge in [0.1, 0.15) is 0 Å². The molecule has 0 aromatic carbocycles. The number of nitrogens with zero attached hydrogens (tertiary/aromatic N) is 2. The summed E-state index contributed by atoms with van der Waals surface area (Å²) in [5, 5.41) is 7.87. The molecule has 1 N–H and O–H groups in total. The second-order valence-corrected chi connectivity index (χ2v) is 9.70. The van der Waals surface area contributed by atoms with Gasteiger partial charge < -0.3 is 5.32 Å². The molecule has 21 heavy (non-hydrogen) atoms. The van der Waals surface area contributed by atoms with Crippen molar-refractivity contribution in [2.24, 2.45) is 0 Å². The fraction of sp³-hybridized carbons (Fsp3) is 0.800. The molecule has 0 aliphatic carbocycles. The molecule has 0 saturated heterocycles. The molecule has 5 nitrogen and oxygen atoms in total. The zero-order chi connectivity index (χ0) is 16.4. The fourth-order valence-corrected chi connectivity index (χ4v) is 3.05. The monoisotopic (exact) mass is 315 g/mol. The first-order valence-corrected chi connectivity index (χ1v) is 9.09. The molecule has 1 aromatic heterocycles. The molecule has 1 aromatic rings. The van der Waals surface area contributed by atoms with Crippen molar-refractivity contribution in [1.82, 2.24) is 15.1 Å². The first-order chi connectivity index (χ1) is 9.45. The van der Waals surface area contributed by atoms with Crippen molar-refractivity contribution >= 4 is 9.84 Å². The van der Waals surface area contributed by atoms with Crippen molar-refractivity contribution in [2.45, 2.75) is 72.3 Å². The van der Waals surface area contributed by atoms with E-state index in [0.717, 1.165) is 23.5 Å². The van der Waals surface area contributed by atoms with E-state index in [1.165, 1.54) is 0 Å². The third-order valence-corrected chi connectivity index (χ3v) is 6.31. The van der Waals surface area contributed by atoms with Crippen molar-refractivity contribution in [1.29, 1.82) is 0 Å². The zero-order valence-electron chi connectivity index (χ0n) is 14.3. The highest BCUT2D eigenvalue weighted by atomic mass is 32.2. The Kier molecular flexibility index (Phi) is 5.61. The molecular formula is C15H29N3O2S. The Balaban J connectivity index is 2.85. The van der Waals surface area contributed by atoms with Gasteiger partial charge in [-0.15, -0.1) is 0 Å². The van der Waals surface area contributed by atoms with Crippen LogP contribution in [0.25, 0.3) is 0 Å². The van der Waals surface area contributed by atoms with E-state index in [0.29, 0.717) is 12.6 Å². The van der Waals surface area contributed by atoms with Crippen molar-refractivity contribution in [3.8, 4) is 0 Å². The smallest absolute Gasteiger partial charge is 0.157 e. The third kappa shape index (κ3) is 4.54. The molecule has 0 aliphatic rings. The van der Waals surface area contributed by atoms with Crippen LogP contribution in [-0.2, 0) is 22.9 Å². The van der Waals surface area contributed by atoms with Gasteiger partial charge in [0.15, 0.2) is 9.84 Å². The van der Waals surface area contributed by atoms with Crippen LogP contribution >= 0.6 is 0 Å². The summed E-state index contributed by atoms with van der Waals surface area (Å²) in [6, 6.07) is 0.411. The summed E-state index contributed by atoms with van der Waals surface area (Å²) in [6.07, 6.45) is 0. The maximum absolute atomic E-state index is 12.2. The normalized spacial score (nSPS) is 13.1. The van der Waals surface area contributed by atoms with Gasteiger partial charge in [-0.2, -0.15) is 5.10 Å². The average Bonchev–Trinajstić information content (AvgIpc) is 2.58. The summed E-state index contributed by atoms with van der Waals surface area (Å²) < 4.78 is 25.5. The van der Waals surface area contributed by atoms with Gasteiger partial charge in [-0.05, 0) is 34.6 Å². The topological polar surface area (TPSA) is 64.0 Å². The Morgan fingerprint density at radius 1 is 1.24 bits per heavy atom. The zero-order valence-corrected chi connectivity index (χ0v) is 15.1. The summed E-state index contributed by atoms with van der Waals surface area (Å²) >= 11 is 0. The molecule has 0 amide bonds. The van der Waals surface area contributed by atoms with Crippen LogP contribution in [0.2, 0.25) is 0 Å². The predicted molar refractivity (Wildman–Crippen MR) is 87.2 cm³/mol. The summed E-state index contributed by atoms with van der Waals surface area (Å²) in [4.78, 5) is 0. The van der Waals surface area contributed by atoms with Gasteiger partial charge in [-0.1, -0.05) is 13.8 Å². The highest BCUT2D eigenvalue weighted by molar-refractivity contribution is 7.92. The van der Waals surface area contributed by atoms with Crippen LogP contribution in [0.15, 0.2) is 0 Å². The quantitative estimate of drug-likeness (QED) is 0.874. The Hall–Kier alpha value is -0.880. The van der Waals surface area contributed by atoms with Gasteiger partial charge in [-0.25, -0.2) is 8.42 Å². The van der Waals surface area contributed by atoms with E-state index in [-0.39, 0.29) is 5.75 Å². The molecular weight excluding hydrogens is 286 g/mol. The lowest BCUT2D eigenvalue weighted by Crippen LogP contribution is -2.32. The molecule has 0 unspecified atom stereocenters. The fourth-order valence-electron chi connectivity index (χ4n) is 2.03. The lowest BCUT2D eigenvalue weighted by Gasteiger charge is -2.19. The Labute approximate surface area is 129 Å². The second kappa shape index (κ2) is 6.48. The van der Waals surface area contributed by atoms with Crippen LogP contribution in [0.1, 0.15) is 51.6 Å². The Morgan fingerprint density at radius 2 is 1.81 bits per heavy atom. The summed E-state index contributed by atoms with van der Waals surface area (Å²) in [7, 11) is -3.12. The van der Waals surface area contributed by atoms with Crippen LogP contribution in [-0.4, -0.2) is 34.7 Å². The van der Waals surface area contributed by atoms with E-state index in [4.69, 9.17) is 0 Å². The third-order valence-electron chi connectivity index (χ3n) is 3.72. The minimum atomic E-state index is -3.12. The van der Waals surface area contributed by atoms with E-state index in [1.807, 2.05) is 18.5 Å². The van der Waals surface area contributed by atoms with Gasteiger partial charge in [-0.3, -0.25) is 4.68 Å². The lowest BCUT2D eigenvalue weighted by molar-refractivity contribution is 0.545. The van der Waals surface area contributed by atoms with E-state index in [1.54, 1.807) is 20.8 Å². The first-order valence-electron chi connectivity index (χ1n) is 7.44. The summed E-state index contributed by atoms with van der Waals surface area (Å²) in [6.45, 7) is 14.6. The maximum Gasteiger partial charge on any atom is 0.157 e. The van der Waals surface area contributed by atoms with Crippen LogP contribution in [0.4, 0.5) is 0 Å². The standard InChI is InChI=1S/C15H29N3O2S/c1-11(2)16-10-14-12(3)17-18(13(14)4)8-9-21(19,20)15(5,6)7/h11,16H,8-10H2,1-7H3. The number of hydrogen-bond donors (Lipinski definition) is 1. The van der Waals surface area contributed by atoms with Crippen LogP contribution < -0.4 is 5.32 Å². The second-order valence-electron chi connectivity index (χ2n) is 6.84. The van der Waals surface area contributed by atoms with E-state index in [9.17, 15) is 8.42 Å². The largest absolute Gasteiger partial charge is 0.310 e. The average molecular weight is 315 g/mol. The van der Waals surface area contributed by atoms with Crippen molar-refractivity contribution < 1.29 is 8.42 Å². The number of hydrogen-bond acceptors (Lipinski definition) is 4. The molecule has 0 radical (unpaired) electrons. The molecule has 122 valence electrons. The van der Waals surface area contributed by atoms with Crippen molar-refractivity contribution in [3.05, 3.63) is 17.0 Å². The Bertz CT molecular complexity index is 581. The molecule has 0 saturated carbocycles. The number of sulfone groups is 1. The maximum atomic E-state index is 12.2. The molecule has 0 fully saturated rings. The molecule has 6 heteroatoms. The van der Waals surface area contributed by atoms with Gasteiger partial charge >= 0.3 is 0 Å². The molecule has 0 atom stereocenters. The lowest BCUT2D eigenvalue weighted by atomic mass is 10.2. The van der Waals surface area contributed by atoms with Crippen LogP contribution in [0.3, 0.4) is 0 Å². The SMILES string of the molecule is Cc1nn(CCS(=O)(=O)C(C)(C)C)c(C)c1CNC(C)C. The van der Waals surface area contributed by atoms with E-state index in [2.05, 4.69) is 24.3 Å². The number of nitrogens with one attached hydrogen (secondary N) is 1. The molecule has 0 bridgehead atoms. The number of aryl methyl sites for hydroxylation is 2. The predicted octanol–water partition coefficient (Wildman–Crippen LogP) is 2.21. The molecule has 0 aliphatic heterocycles. The van der Waals surface area contributed by atoms with E-state index < -0.39 is 14.6 Å². The van der Waals surface area contributed by atoms with Gasteiger partial charge in [0.05, 0.1) is 22.7 Å². The van der Waals surface area contributed by atoms with Crippen molar-refractivity contribution in [2.75, 3.05) is 5.75 Å². The first kappa shape index (κ1) is 18.2. The number of rotatable bonds is 6. The van der Waals surface area contributed by atoms with Crippen LogP contribution in [0.5, 0.6) is 0 Å². The van der Waals surface area contributed by atoms with Gasteiger partial charge in [0.25, 0.3) is 0 Å². The summed E-state index contributed by atoms with van der Waals surface area (Å²) in [5.41, 5.74) is 3.18. The minimum absolute atomic E-state index is 0.121. The summed E-state index contributed by atoms with van der Waals surface area (Å²) in [5.74, 6) is 0.121. The van der Waals surface area contributed by atoms with Crippen molar-refractivity contribution in [3.63, 3.8) is 0 Å². The number of aromatic nitrogens is 2. The highest BCUT2D eigenvalue weighted by Crippen LogP contribution is 2.18. The minimum Gasteiger partial charge on any atom is -0.310 e. The molecule has 1 heterocycles. The Morgan fingerprint density at radius 3 is 2.29 bits per heavy atom.